The number of halogens is 2. The highest BCUT2D eigenvalue weighted by Gasteiger charge is 2.39. The number of piperazine rings is 1. The zero-order chi connectivity index (χ0) is 33.2. The minimum absolute atomic E-state index is 0.0657. The molecular weight excluding hydrogens is 615 g/mol. The van der Waals surface area contributed by atoms with Crippen molar-refractivity contribution in [2.45, 2.75) is 59.1 Å². The van der Waals surface area contributed by atoms with E-state index in [0.717, 1.165) is 0 Å². The van der Waals surface area contributed by atoms with Crippen molar-refractivity contribution in [3.63, 3.8) is 0 Å². The molecule has 0 radical (unpaired) electrons. The molecule has 1 atom stereocenters. The molecular formula is C33H36ClFN6O5. The van der Waals surface area contributed by atoms with Crippen molar-refractivity contribution in [2.24, 2.45) is 7.05 Å². The maximum absolute atomic E-state index is 15.3. The first kappa shape index (κ1) is 31.5. The zero-order valence-electron chi connectivity index (χ0n) is 26.9. The summed E-state index contributed by atoms with van der Waals surface area (Å²) in [6.45, 7) is 12.0. The monoisotopic (exact) mass is 650 g/mol. The Bertz CT molecular complexity index is 2020. The Balaban J connectivity index is 1.64. The fraction of sp³-hybridized carbons (Fsp3) is 0.424. The molecule has 0 aliphatic carbocycles. The first-order valence-electron chi connectivity index (χ1n) is 15.2. The van der Waals surface area contributed by atoms with E-state index in [-0.39, 0.29) is 52.3 Å². The number of aromatic nitrogens is 4. The number of ether oxygens (including phenoxy) is 2. The average molecular weight is 651 g/mol. The van der Waals surface area contributed by atoms with Gasteiger partial charge in [0.25, 0.3) is 5.56 Å². The molecule has 5 heterocycles. The molecule has 2 aliphatic heterocycles. The van der Waals surface area contributed by atoms with Crippen LogP contribution in [-0.2, 0) is 11.8 Å². The number of carbonyl (C=O) groups is 1. The highest BCUT2D eigenvalue weighted by molar-refractivity contribution is 6.36. The van der Waals surface area contributed by atoms with E-state index in [1.54, 1.807) is 57.8 Å². The summed E-state index contributed by atoms with van der Waals surface area (Å²) in [5.41, 5.74) is 0.470. The summed E-state index contributed by atoms with van der Waals surface area (Å²) in [6.07, 6.45) is -0.449. The van der Waals surface area contributed by atoms with Gasteiger partial charge in [-0.25, -0.2) is 23.5 Å². The summed E-state index contributed by atoms with van der Waals surface area (Å²) in [5, 5.41) is 0.442. The van der Waals surface area contributed by atoms with E-state index in [9.17, 15) is 14.4 Å². The van der Waals surface area contributed by atoms with Crippen molar-refractivity contribution in [3.8, 4) is 22.7 Å². The van der Waals surface area contributed by atoms with Gasteiger partial charge in [-0.3, -0.25) is 4.79 Å². The van der Waals surface area contributed by atoms with Gasteiger partial charge in [-0.15, -0.1) is 0 Å². The number of aryl methyl sites for hydroxylation is 1. The lowest BCUT2D eigenvalue weighted by Gasteiger charge is -2.41. The van der Waals surface area contributed by atoms with Gasteiger partial charge < -0.3 is 23.8 Å². The number of benzene rings is 1. The molecule has 6 rings (SSSR count). The molecule has 0 bridgehead atoms. The predicted molar refractivity (Wildman–Crippen MR) is 174 cm³/mol. The number of amides is 1. The topological polar surface area (TPSA) is 112 Å². The van der Waals surface area contributed by atoms with E-state index in [1.807, 2.05) is 18.7 Å². The molecule has 11 nitrogen and oxygen atoms in total. The third kappa shape index (κ3) is 5.28. The molecule has 1 saturated heterocycles. The SMILES string of the molecule is Cc1cc(=O)n(C)c(C(C)C)c1-n1c(=O)nc2c3c(c(Cl)c(-c4ccccc4F)nc31)OC[C@H]1CN(C(=O)OC(C)(C)C)CCN21. The van der Waals surface area contributed by atoms with Gasteiger partial charge in [0.15, 0.2) is 11.4 Å². The molecule has 3 aromatic heterocycles. The molecule has 2 aliphatic rings. The number of hydrogen-bond donors (Lipinski definition) is 0. The molecule has 0 N–H and O–H groups in total. The molecule has 0 saturated carbocycles. The lowest BCUT2D eigenvalue weighted by atomic mass is 10.0. The first-order chi connectivity index (χ1) is 21.7. The maximum Gasteiger partial charge on any atom is 0.410 e. The quantitative estimate of drug-likeness (QED) is 0.298. The van der Waals surface area contributed by atoms with Gasteiger partial charge in [0, 0.05) is 44.0 Å². The number of rotatable bonds is 3. The highest BCUT2D eigenvalue weighted by Crippen LogP contribution is 2.45. The van der Waals surface area contributed by atoms with E-state index in [4.69, 9.17) is 26.1 Å². The molecule has 4 aromatic rings. The fourth-order valence-corrected chi connectivity index (χ4v) is 6.58. The Labute approximate surface area is 270 Å². The van der Waals surface area contributed by atoms with E-state index in [0.29, 0.717) is 41.2 Å². The third-order valence-electron chi connectivity index (χ3n) is 8.28. The highest BCUT2D eigenvalue weighted by atomic mass is 35.5. The lowest BCUT2D eigenvalue weighted by Crippen LogP contribution is -2.57. The fourth-order valence-electron chi connectivity index (χ4n) is 6.29. The maximum atomic E-state index is 15.3. The van der Waals surface area contributed by atoms with Gasteiger partial charge in [-0.1, -0.05) is 37.6 Å². The van der Waals surface area contributed by atoms with Crippen molar-refractivity contribution >= 4 is 34.5 Å². The molecule has 1 aromatic carbocycles. The number of nitrogens with zero attached hydrogens (tertiary/aromatic N) is 6. The largest absolute Gasteiger partial charge is 0.489 e. The molecule has 1 fully saturated rings. The first-order valence-corrected chi connectivity index (χ1v) is 15.5. The second-order valence-corrected chi connectivity index (χ2v) is 13.4. The van der Waals surface area contributed by atoms with Crippen LogP contribution in [0.3, 0.4) is 0 Å². The van der Waals surface area contributed by atoms with Gasteiger partial charge >= 0.3 is 11.8 Å². The van der Waals surface area contributed by atoms with Gasteiger partial charge in [0.2, 0.25) is 0 Å². The molecule has 46 heavy (non-hydrogen) atoms. The lowest BCUT2D eigenvalue weighted by molar-refractivity contribution is 0.0202. The third-order valence-corrected chi connectivity index (χ3v) is 8.63. The summed E-state index contributed by atoms with van der Waals surface area (Å²) in [7, 11) is 1.65. The Morgan fingerprint density at radius 1 is 1.15 bits per heavy atom. The standard InChI is InChI=1S/C33H36ClFN6O5/c1-17(2)26-27(18(3)14-22(42)38(26)7)41-30-23-28(24(34)25(36-30)20-10-8-9-11-21(20)35)45-16-19-15-39(32(44)46-33(4,5)6)12-13-40(19)29(23)37-31(41)43/h8-11,14,17,19H,12-13,15-16H2,1-7H3/t19-/m1/s1. The summed E-state index contributed by atoms with van der Waals surface area (Å²) in [5.74, 6) is -0.204. The Morgan fingerprint density at radius 3 is 2.54 bits per heavy atom. The smallest absolute Gasteiger partial charge is 0.410 e. The summed E-state index contributed by atoms with van der Waals surface area (Å²) in [6, 6.07) is 7.15. The molecule has 0 unspecified atom stereocenters. The van der Waals surface area contributed by atoms with Crippen molar-refractivity contribution in [1.82, 2.24) is 24.0 Å². The molecule has 242 valence electrons. The van der Waals surface area contributed by atoms with E-state index >= 15 is 4.39 Å². The number of fused-ring (bicyclic) bond motifs is 2. The van der Waals surface area contributed by atoms with Crippen LogP contribution in [0.15, 0.2) is 39.9 Å². The van der Waals surface area contributed by atoms with Gasteiger partial charge in [-0.05, 0) is 51.3 Å². The van der Waals surface area contributed by atoms with Crippen molar-refractivity contribution in [1.29, 1.82) is 0 Å². The van der Waals surface area contributed by atoms with Crippen LogP contribution in [0, 0.1) is 12.7 Å². The number of anilines is 1. The Kier molecular flexibility index (Phi) is 7.82. The van der Waals surface area contributed by atoms with Crippen LogP contribution in [-0.4, -0.2) is 68.0 Å². The predicted octanol–water partition coefficient (Wildman–Crippen LogP) is 5.19. The van der Waals surface area contributed by atoms with Crippen molar-refractivity contribution in [2.75, 3.05) is 31.1 Å². The van der Waals surface area contributed by atoms with Crippen LogP contribution in [0.1, 0.15) is 51.8 Å². The number of carbonyl (C=O) groups excluding carboxylic acids is 1. The second-order valence-electron chi connectivity index (χ2n) is 13.0. The summed E-state index contributed by atoms with van der Waals surface area (Å²) < 4.78 is 30.2. The zero-order valence-corrected chi connectivity index (χ0v) is 27.6. The van der Waals surface area contributed by atoms with Crippen LogP contribution in [0.25, 0.3) is 28.0 Å². The Hall–Kier alpha value is -4.45. The van der Waals surface area contributed by atoms with Crippen LogP contribution < -0.4 is 20.9 Å². The normalized spacial score (nSPS) is 16.3. The summed E-state index contributed by atoms with van der Waals surface area (Å²) >= 11 is 7.00. The van der Waals surface area contributed by atoms with Gasteiger partial charge in [0.05, 0.1) is 17.4 Å². The average Bonchev–Trinajstić information content (AvgIpc) is 3.13. The van der Waals surface area contributed by atoms with Crippen LogP contribution in [0.4, 0.5) is 15.0 Å². The molecule has 13 heteroatoms. The Morgan fingerprint density at radius 2 is 1.87 bits per heavy atom. The van der Waals surface area contributed by atoms with Crippen molar-refractivity contribution < 1.29 is 18.7 Å². The number of pyridine rings is 2. The minimum Gasteiger partial charge on any atom is -0.489 e. The molecule has 0 spiro atoms. The van der Waals surface area contributed by atoms with Crippen molar-refractivity contribution in [3.05, 3.63) is 73.3 Å². The van der Waals surface area contributed by atoms with Crippen LogP contribution >= 0.6 is 11.6 Å². The van der Waals surface area contributed by atoms with Crippen LogP contribution in [0.5, 0.6) is 5.75 Å². The number of hydrogen-bond acceptors (Lipinski definition) is 8. The van der Waals surface area contributed by atoms with E-state index < -0.39 is 29.2 Å². The van der Waals surface area contributed by atoms with Crippen LogP contribution in [0.2, 0.25) is 5.02 Å². The van der Waals surface area contributed by atoms with Gasteiger partial charge in [-0.2, -0.15) is 4.98 Å². The van der Waals surface area contributed by atoms with E-state index in [1.165, 1.54) is 21.3 Å². The second kappa shape index (κ2) is 11.4. The molecule has 1 amide bonds. The summed E-state index contributed by atoms with van der Waals surface area (Å²) in [4.78, 5) is 53.1. The minimum atomic E-state index is -0.668. The van der Waals surface area contributed by atoms with Gasteiger partial charge in [0.1, 0.15) is 34.3 Å². The van der Waals surface area contributed by atoms with E-state index in [2.05, 4.69) is 4.98 Å².